The van der Waals surface area contributed by atoms with Crippen LogP contribution in [0.2, 0.25) is 0 Å². The summed E-state index contributed by atoms with van der Waals surface area (Å²) in [5.74, 6) is 4.90. The highest BCUT2D eigenvalue weighted by Crippen LogP contribution is 2.35. The van der Waals surface area contributed by atoms with Crippen LogP contribution in [0.1, 0.15) is 15.9 Å². The number of hydrazine groups is 1. The molecule has 2 rings (SSSR count). The van der Waals surface area contributed by atoms with E-state index in [9.17, 15) is 9.35 Å². The average Bonchev–Trinajstić information content (AvgIpc) is 2.77. The van der Waals surface area contributed by atoms with Gasteiger partial charge in [-0.1, -0.05) is 12.1 Å². The number of hydrazone groups is 1. The lowest BCUT2D eigenvalue weighted by molar-refractivity contribution is 0.0955. The molecule has 1 atom stereocenters. The molecule has 174 valence electrons. The third-order valence-corrected chi connectivity index (χ3v) is 6.10. The van der Waals surface area contributed by atoms with Crippen LogP contribution in [0.25, 0.3) is 11.1 Å². The van der Waals surface area contributed by atoms with E-state index in [0.29, 0.717) is 41.2 Å². The Labute approximate surface area is 193 Å². The van der Waals surface area contributed by atoms with Crippen LogP contribution in [0.3, 0.4) is 0 Å². The monoisotopic (exact) mass is 480 g/mol. The van der Waals surface area contributed by atoms with Crippen molar-refractivity contribution in [2.45, 2.75) is 9.79 Å². The molecule has 0 heterocycles. The van der Waals surface area contributed by atoms with Crippen LogP contribution in [-0.2, 0) is 11.4 Å². The molecule has 0 aromatic heterocycles. The van der Waals surface area contributed by atoms with Gasteiger partial charge in [0.05, 0.1) is 27.4 Å². The maximum absolute atomic E-state index is 12.5. The summed E-state index contributed by atoms with van der Waals surface area (Å²) < 4.78 is 15.6. The van der Waals surface area contributed by atoms with Gasteiger partial charge >= 0.3 is 0 Å². The van der Waals surface area contributed by atoms with Crippen molar-refractivity contribution >= 4 is 40.7 Å². The molecule has 0 aliphatic carbocycles. The summed E-state index contributed by atoms with van der Waals surface area (Å²) in [5.41, 5.74) is 27.2. The molecule has 32 heavy (non-hydrogen) atoms. The van der Waals surface area contributed by atoms with Gasteiger partial charge in [0.2, 0.25) is 0 Å². The van der Waals surface area contributed by atoms with Gasteiger partial charge in [-0.25, -0.2) is 11.4 Å². The second-order valence-corrected chi connectivity index (χ2v) is 8.31. The van der Waals surface area contributed by atoms with Crippen molar-refractivity contribution in [3.8, 4) is 11.1 Å². The highest BCUT2D eigenvalue weighted by atomic mass is 32.2. The number of hydrogen-bond acceptors (Lipinski definition) is 11. The fourth-order valence-electron chi connectivity index (χ4n) is 2.85. The minimum Gasteiger partial charge on any atom is -0.593 e. The van der Waals surface area contributed by atoms with Crippen molar-refractivity contribution in [1.82, 2.24) is 15.6 Å². The summed E-state index contributed by atoms with van der Waals surface area (Å²) in [6.45, 7) is 1.52. The number of amides is 1. The molecule has 1 amide bonds. The number of amidine groups is 1. The van der Waals surface area contributed by atoms with Crippen LogP contribution in [0.4, 0.5) is 5.69 Å². The van der Waals surface area contributed by atoms with E-state index in [2.05, 4.69) is 20.7 Å². The Morgan fingerprint density at radius 1 is 1.16 bits per heavy atom. The van der Waals surface area contributed by atoms with Crippen molar-refractivity contribution in [2.24, 2.45) is 33.3 Å². The Morgan fingerprint density at radius 3 is 2.50 bits per heavy atom. The Morgan fingerprint density at radius 2 is 1.88 bits per heavy atom. The maximum atomic E-state index is 12.5. The number of carbonyl (C=O) groups is 1. The second-order valence-electron chi connectivity index (χ2n) is 6.37. The minimum atomic E-state index is -1.93. The van der Waals surface area contributed by atoms with Crippen LogP contribution >= 0.6 is 11.9 Å². The lowest BCUT2D eigenvalue weighted by Gasteiger charge is -2.18. The van der Waals surface area contributed by atoms with Gasteiger partial charge in [0.1, 0.15) is 0 Å². The molecule has 1 unspecified atom stereocenters. The Balaban J connectivity index is 2.68. The number of anilines is 1. The van der Waals surface area contributed by atoms with Crippen LogP contribution in [0, 0.1) is 0 Å². The molecule has 15 N–H and O–H groups in total. The Bertz CT molecular complexity index is 971. The number of hydrogen-bond donors (Lipinski definition) is 9. The first-order valence-electron chi connectivity index (χ1n) is 9.45. The molecular formula is C18H28N10O2S2. The lowest BCUT2D eigenvalue weighted by atomic mass is 9.96. The number of nitrogens with two attached hydrogens (primary N) is 6. The van der Waals surface area contributed by atoms with E-state index in [4.69, 9.17) is 33.9 Å². The zero-order chi connectivity index (χ0) is 23.7. The number of nitrogen functional groups attached to an aromatic ring is 1. The SMILES string of the molecule is NCCNSc1ccc(-c2ccc(N)c(C(=O)NCCN)c2)c(/C(N)=N/NN)c1[S+](N)[O-]. The first-order chi connectivity index (χ1) is 15.3. The van der Waals surface area contributed by atoms with E-state index < -0.39 is 11.4 Å². The molecule has 2 aromatic rings. The van der Waals surface area contributed by atoms with Gasteiger partial charge < -0.3 is 32.8 Å². The fraction of sp³-hybridized carbons (Fsp3) is 0.222. The van der Waals surface area contributed by atoms with E-state index >= 15 is 0 Å². The normalized spacial score (nSPS) is 12.5. The maximum Gasteiger partial charge on any atom is 0.253 e. The summed E-state index contributed by atoms with van der Waals surface area (Å²) in [6.07, 6.45) is 0. The highest BCUT2D eigenvalue weighted by molar-refractivity contribution is 7.98. The molecule has 0 fully saturated rings. The molecule has 0 aliphatic rings. The van der Waals surface area contributed by atoms with E-state index in [-0.39, 0.29) is 34.4 Å². The first-order valence-corrected chi connectivity index (χ1v) is 11.5. The molecule has 0 radical (unpaired) electrons. The average molecular weight is 481 g/mol. The van der Waals surface area contributed by atoms with Crippen LogP contribution in [-0.4, -0.2) is 42.5 Å². The number of nitrogens with one attached hydrogen (secondary N) is 3. The van der Waals surface area contributed by atoms with Crippen LogP contribution in [0.15, 0.2) is 45.2 Å². The second kappa shape index (κ2) is 12.5. The summed E-state index contributed by atoms with van der Waals surface area (Å²) >= 11 is -0.716. The van der Waals surface area contributed by atoms with Crippen molar-refractivity contribution in [3.63, 3.8) is 0 Å². The van der Waals surface area contributed by atoms with Crippen LogP contribution in [0.5, 0.6) is 0 Å². The number of rotatable bonds is 11. The Kier molecular flexibility index (Phi) is 10.0. The summed E-state index contributed by atoms with van der Waals surface area (Å²) in [5, 5.41) is 12.3. The summed E-state index contributed by atoms with van der Waals surface area (Å²) in [4.78, 5) is 13.3. The molecule has 0 aliphatic heterocycles. The quantitative estimate of drug-likeness (QED) is 0.0255. The van der Waals surface area contributed by atoms with E-state index in [1.54, 1.807) is 30.3 Å². The molecule has 14 heteroatoms. The van der Waals surface area contributed by atoms with Crippen molar-refractivity contribution < 1.29 is 9.35 Å². The van der Waals surface area contributed by atoms with Crippen molar-refractivity contribution in [2.75, 3.05) is 31.9 Å². The number of benzene rings is 2. The largest absolute Gasteiger partial charge is 0.593 e. The third-order valence-electron chi connectivity index (χ3n) is 4.23. The summed E-state index contributed by atoms with van der Waals surface area (Å²) in [7, 11) is 0. The number of nitrogens with zero attached hydrogens (tertiary/aromatic N) is 1. The van der Waals surface area contributed by atoms with Gasteiger partial charge in [0, 0.05) is 31.9 Å². The zero-order valence-electron chi connectivity index (χ0n) is 17.3. The number of carbonyl (C=O) groups excluding carboxylic acids is 1. The summed E-state index contributed by atoms with van der Waals surface area (Å²) in [6, 6.07) is 8.39. The van der Waals surface area contributed by atoms with E-state index in [0.717, 1.165) is 0 Å². The van der Waals surface area contributed by atoms with Gasteiger partial charge in [-0.3, -0.25) is 9.52 Å². The van der Waals surface area contributed by atoms with Gasteiger partial charge in [0.25, 0.3) is 5.91 Å². The van der Waals surface area contributed by atoms with Crippen molar-refractivity contribution in [3.05, 3.63) is 41.5 Å². The highest BCUT2D eigenvalue weighted by Gasteiger charge is 2.26. The van der Waals surface area contributed by atoms with Gasteiger partial charge in [-0.15, -0.1) is 10.2 Å². The van der Waals surface area contributed by atoms with Gasteiger partial charge in [0.15, 0.2) is 10.7 Å². The molecule has 0 saturated heterocycles. The van der Waals surface area contributed by atoms with E-state index in [1.807, 2.05) is 0 Å². The zero-order valence-corrected chi connectivity index (χ0v) is 18.9. The molecule has 0 bridgehead atoms. The fourth-order valence-corrected chi connectivity index (χ4v) is 4.61. The minimum absolute atomic E-state index is 0.0384. The molecule has 0 spiro atoms. The predicted molar refractivity (Wildman–Crippen MR) is 129 cm³/mol. The molecular weight excluding hydrogens is 452 g/mol. The molecule has 2 aromatic carbocycles. The van der Waals surface area contributed by atoms with Crippen LogP contribution < -0.4 is 49.5 Å². The van der Waals surface area contributed by atoms with Gasteiger partial charge in [-0.05, 0) is 41.3 Å². The topological polar surface area (TPSA) is 245 Å². The first kappa shape index (κ1) is 25.7. The lowest BCUT2D eigenvalue weighted by Crippen LogP contribution is -2.29. The third kappa shape index (κ3) is 6.24. The molecule has 12 nitrogen and oxygen atoms in total. The van der Waals surface area contributed by atoms with Crippen molar-refractivity contribution in [1.29, 1.82) is 0 Å². The van der Waals surface area contributed by atoms with E-state index in [1.165, 1.54) is 11.9 Å². The standard InChI is InChI=1S/C18H28N10O2S2/c19-5-7-25-18(29)12-9-10(1-3-13(12)21)11-2-4-14(31-26-8-6-20)16(32(24)30)15(11)17(22)27-28-23/h1-4,9,26,28H,5-8,19-21,23-24H2,(H2,22,27)(H,25,29). The Hall–Kier alpha value is -2.56. The predicted octanol–water partition coefficient (Wildman–Crippen LogP) is -1.76. The smallest absolute Gasteiger partial charge is 0.253 e. The molecule has 0 saturated carbocycles. The van der Waals surface area contributed by atoms with Gasteiger partial charge in [-0.2, -0.15) is 0 Å².